The van der Waals surface area contributed by atoms with Crippen LogP contribution in [-0.4, -0.2) is 15.4 Å². The summed E-state index contributed by atoms with van der Waals surface area (Å²) in [4.78, 5) is 29.4. The summed E-state index contributed by atoms with van der Waals surface area (Å²) < 4.78 is 6.96. The summed E-state index contributed by atoms with van der Waals surface area (Å²) in [6, 6.07) is 23.5. The van der Waals surface area contributed by atoms with Crippen molar-refractivity contribution in [2.75, 3.05) is 5.32 Å². The first-order chi connectivity index (χ1) is 14.1. The number of hydrogen-bond acceptors (Lipinski definition) is 5. The SMILES string of the molecule is Cc1cccc2nc(COC(=O)c3ccccc3Nc3ccccc3)cc(=O)n12. The Labute approximate surface area is 167 Å². The molecule has 0 bridgehead atoms. The molecule has 0 saturated heterocycles. The summed E-state index contributed by atoms with van der Waals surface area (Å²) in [6.07, 6.45) is 0. The summed E-state index contributed by atoms with van der Waals surface area (Å²) in [5.74, 6) is -0.490. The lowest BCUT2D eigenvalue weighted by molar-refractivity contribution is 0.0469. The molecule has 4 rings (SSSR count). The van der Waals surface area contributed by atoms with E-state index in [1.165, 1.54) is 10.5 Å². The van der Waals surface area contributed by atoms with Crippen molar-refractivity contribution in [3.05, 3.63) is 106 Å². The monoisotopic (exact) mass is 385 g/mol. The number of nitrogens with zero attached hydrogens (tertiary/aromatic N) is 2. The molecular weight excluding hydrogens is 366 g/mol. The molecular formula is C23H19N3O3. The van der Waals surface area contributed by atoms with E-state index in [0.29, 0.717) is 22.6 Å². The van der Waals surface area contributed by atoms with Gasteiger partial charge in [0.25, 0.3) is 5.56 Å². The zero-order valence-corrected chi connectivity index (χ0v) is 15.8. The minimum absolute atomic E-state index is 0.0851. The van der Waals surface area contributed by atoms with Gasteiger partial charge in [-0.3, -0.25) is 9.20 Å². The van der Waals surface area contributed by atoms with E-state index >= 15 is 0 Å². The van der Waals surface area contributed by atoms with E-state index in [2.05, 4.69) is 10.3 Å². The van der Waals surface area contributed by atoms with Gasteiger partial charge in [0.15, 0.2) is 0 Å². The molecule has 6 heteroatoms. The van der Waals surface area contributed by atoms with Gasteiger partial charge >= 0.3 is 5.97 Å². The van der Waals surface area contributed by atoms with Gasteiger partial charge in [-0.25, -0.2) is 9.78 Å². The molecule has 1 N–H and O–H groups in total. The molecule has 0 saturated carbocycles. The summed E-state index contributed by atoms with van der Waals surface area (Å²) in [6.45, 7) is 1.75. The number of carbonyl (C=O) groups is 1. The van der Waals surface area contributed by atoms with Crippen molar-refractivity contribution in [1.82, 2.24) is 9.38 Å². The average molecular weight is 385 g/mol. The number of rotatable bonds is 5. The van der Waals surface area contributed by atoms with E-state index in [1.54, 1.807) is 18.2 Å². The summed E-state index contributed by atoms with van der Waals surface area (Å²) in [5.41, 5.74) is 3.44. The summed E-state index contributed by atoms with van der Waals surface area (Å²) >= 11 is 0. The lowest BCUT2D eigenvalue weighted by Crippen LogP contribution is -2.18. The zero-order chi connectivity index (χ0) is 20.2. The molecule has 0 fully saturated rings. The van der Waals surface area contributed by atoms with Crippen molar-refractivity contribution >= 4 is 23.0 Å². The van der Waals surface area contributed by atoms with E-state index in [-0.39, 0.29) is 12.2 Å². The number of fused-ring (bicyclic) bond motifs is 1. The Bertz CT molecular complexity index is 1230. The molecule has 6 nitrogen and oxygen atoms in total. The molecule has 0 atom stereocenters. The van der Waals surface area contributed by atoms with Crippen LogP contribution in [0.4, 0.5) is 11.4 Å². The third-order valence-corrected chi connectivity index (χ3v) is 4.48. The number of carbonyl (C=O) groups excluding carboxylic acids is 1. The fourth-order valence-electron chi connectivity index (χ4n) is 3.10. The Morgan fingerprint density at radius 1 is 1.00 bits per heavy atom. The van der Waals surface area contributed by atoms with Crippen LogP contribution < -0.4 is 10.9 Å². The smallest absolute Gasteiger partial charge is 0.340 e. The van der Waals surface area contributed by atoms with Crippen LogP contribution in [-0.2, 0) is 11.3 Å². The quantitative estimate of drug-likeness (QED) is 0.524. The Balaban J connectivity index is 1.54. The number of ether oxygens (including phenoxy) is 1. The Morgan fingerprint density at radius 2 is 1.76 bits per heavy atom. The molecule has 0 amide bonds. The third-order valence-electron chi connectivity index (χ3n) is 4.48. The van der Waals surface area contributed by atoms with Crippen LogP contribution in [0.3, 0.4) is 0 Å². The first-order valence-electron chi connectivity index (χ1n) is 9.18. The number of para-hydroxylation sites is 2. The molecule has 0 spiro atoms. The van der Waals surface area contributed by atoms with Gasteiger partial charge in [0.2, 0.25) is 0 Å². The van der Waals surface area contributed by atoms with Crippen molar-refractivity contribution in [1.29, 1.82) is 0 Å². The highest BCUT2D eigenvalue weighted by Crippen LogP contribution is 2.21. The van der Waals surface area contributed by atoms with E-state index < -0.39 is 5.97 Å². The third kappa shape index (κ3) is 4.01. The van der Waals surface area contributed by atoms with Gasteiger partial charge in [-0.2, -0.15) is 0 Å². The molecule has 29 heavy (non-hydrogen) atoms. The molecule has 0 unspecified atom stereocenters. The van der Waals surface area contributed by atoms with Gasteiger partial charge in [0.1, 0.15) is 12.3 Å². The van der Waals surface area contributed by atoms with Crippen LogP contribution in [0, 0.1) is 6.92 Å². The number of nitrogens with one attached hydrogen (secondary N) is 1. The van der Waals surface area contributed by atoms with Crippen molar-refractivity contribution in [2.45, 2.75) is 13.5 Å². The van der Waals surface area contributed by atoms with Crippen LogP contribution >= 0.6 is 0 Å². The Hall–Kier alpha value is -3.93. The Kier molecular flexibility index (Phi) is 5.07. The number of benzene rings is 2. The molecule has 0 aliphatic rings. The van der Waals surface area contributed by atoms with Gasteiger partial charge in [0.05, 0.1) is 16.9 Å². The molecule has 0 radical (unpaired) electrons. The van der Waals surface area contributed by atoms with Crippen molar-refractivity contribution < 1.29 is 9.53 Å². The molecule has 0 aliphatic heterocycles. The number of aromatic nitrogens is 2. The predicted molar refractivity (Wildman–Crippen MR) is 111 cm³/mol. The average Bonchev–Trinajstić information content (AvgIpc) is 2.73. The molecule has 2 aromatic heterocycles. The minimum Gasteiger partial charge on any atom is -0.456 e. The van der Waals surface area contributed by atoms with Gasteiger partial charge in [-0.05, 0) is 43.3 Å². The molecule has 144 valence electrons. The van der Waals surface area contributed by atoms with E-state index in [4.69, 9.17) is 4.74 Å². The Morgan fingerprint density at radius 3 is 2.59 bits per heavy atom. The second-order valence-corrected chi connectivity index (χ2v) is 6.56. The van der Waals surface area contributed by atoms with Crippen LogP contribution in [0.2, 0.25) is 0 Å². The number of aryl methyl sites for hydroxylation is 1. The molecule has 2 heterocycles. The highest BCUT2D eigenvalue weighted by atomic mass is 16.5. The summed E-state index contributed by atoms with van der Waals surface area (Å²) in [7, 11) is 0. The van der Waals surface area contributed by atoms with Gasteiger partial charge in [-0.15, -0.1) is 0 Å². The van der Waals surface area contributed by atoms with Crippen LogP contribution in [0.15, 0.2) is 83.7 Å². The first kappa shape index (κ1) is 18.4. The fraction of sp³-hybridized carbons (Fsp3) is 0.0870. The van der Waals surface area contributed by atoms with Crippen LogP contribution in [0.1, 0.15) is 21.7 Å². The second kappa shape index (κ2) is 7.98. The maximum atomic E-state index is 12.7. The largest absolute Gasteiger partial charge is 0.456 e. The normalized spacial score (nSPS) is 10.7. The molecule has 4 aromatic rings. The van der Waals surface area contributed by atoms with Crippen molar-refractivity contribution in [3.8, 4) is 0 Å². The maximum Gasteiger partial charge on any atom is 0.340 e. The van der Waals surface area contributed by atoms with E-state index in [1.807, 2.05) is 61.5 Å². The zero-order valence-electron chi connectivity index (χ0n) is 15.8. The minimum atomic E-state index is -0.490. The topological polar surface area (TPSA) is 72.7 Å². The number of hydrogen-bond donors (Lipinski definition) is 1. The predicted octanol–water partition coefficient (Wildman–Crippen LogP) is 4.10. The van der Waals surface area contributed by atoms with Crippen molar-refractivity contribution in [2.24, 2.45) is 0 Å². The first-order valence-corrected chi connectivity index (χ1v) is 9.18. The lowest BCUT2D eigenvalue weighted by atomic mass is 10.1. The van der Waals surface area contributed by atoms with Gasteiger partial charge in [0, 0.05) is 17.4 Å². The maximum absolute atomic E-state index is 12.7. The van der Waals surface area contributed by atoms with Crippen molar-refractivity contribution in [3.63, 3.8) is 0 Å². The molecule has 0 aliphatic carbocycles. The molecule has 2 aromatic carbocycles. The highest BCUT2D eigenvalue weighted by molar-refractivity contribution is 5.96. The number of pyridine rings is 1. The highest BCUT2D eigenvalue weighted by Gasteiger charge is 2.14. The fourth-order valence-corrected chi connectivity index (χ4v) is 3.10. The second-order valence-electron chi connectivity index (χ2n) is 6.56. The van der Waals surface area contributed by atoms with Crippen LogP contribution in [0.5, 0.6) is 0 Å². The van der Waals surface area contributed by atoms with E-state index in [0.717, 1.165) is 11.4 Å². The van der Waals surface area contributed by atoms with Gasteiger partial charge < -0.3 is 10.1 Å². The van der Waals surface area contributed by atoms with Gasteiger partial charge in [-0.1, -0.05) is 36.4 Å². The number of esters is 1. The standard InChI is InChI=1S/C23H19N3O3/c1-16-8-7-13-21-25-18(14-22(27)26(16)21)15-29-23(28)19-11-5-6-12-20(19)24-17-9-3-2-4-10-17/h2-14,24H,15H2,1H3. The van der Waals surface area contributed by atoms with E-state index in [9.17, 15) is 9.59 Å². The van der Waals surface area contributed by atoms with Crippen LogP contribution in [0.25, 0.3) is 5.65 Å². The number of anilines is 2. The lowest BCUT2D eigenvalue weighted by Gasteiger charge is -2.12. The summed E-state index contributed by atoms with van der Waals surface area (Å²) in [5, 5.41) is 3.22.